The minimum absolute atomic E-state index is 0.0565. The molecule has 0 fully saturated rings. The number of Topliss-reactive ketones (excluding diaryl/α,β-unsaturated/α-hetero) is 1. The van der Waals surface area contributed by atoms with Gasteiger partial charge in [0.05, 0.1) is 23.6 Å². The van der Waals surface area contributed by atoms with E-state index < -0.39 is 11.6 Å². The highest BCUT2D eigenvalue weighted by molar-refractivity contribution is 6.34. The Morgan fingerprint density at radius 3 is 2.71 bits per heavy atom. The molecule has 0 atom stereocenters. The first-order valence-electron chi connectivity index (χ1n) is 3.72. The van der Waals surface area contributed by atoms with E-state index in [1.54, 1.807) is 0 Å². The Bertz CT molecular complexity index is 366. The molecule has 0 unspecified atom stereocenters. The molecule has 0 amide bonds. The summed E-state index contributed by atoms with van der Waals surface area (Å²) in [7, 11) is 1.35. The molecule has 0 aliphatic rings. The van der Waals surface area contributed by atoms with Crippen LogP contribution in [-0.2, 0) is 0 Å². The van der Waals surface area contributed by atoms with Crippen molar-refractivity contribution < 1.29 is 13.9 Å². The van der Waals surface area contributed by atoms with Gasteiger partial charge in [0.1, 0.15) is 11.6 Å². The van der Waals surface area contributed by atoms with Crippen molar-refractivity contribution in [2.75, 3.05) is 13.0 Å². The maximum absolute atomic E-state index is 12.9. The molecule has 0 aliphatic heterocycles. The molecule has 2 nitrogen and oxygen atoms in total. The van der Waals surface area contributed by atoms with Gasteiger partial charge in [-0.15, -0.1) is 11.6 Å². The van der Waals surface area contributed by atoms with Crippen molar-refractivity contribution in [3.8, 4) is 5.75 Å². The molecule has 0 aliphatic carbocycles. The van der Waals surface area contributed by atoms with Gasteiger partial charge in [-0.2, -0.15) is 0 Å². The average Bonchev–Trinajstić information content (AvgIpc) is 2.15. The molecule has 0 saturated heterocycles. The highest BCUT2D eigenvalue weighted by Gasteiger charge is 2.16. The quantitative estimate of drug-likeness (QED) is 0.596. The molecule has 1 aromatic carbocycles. The van der Waals surface area contributed by atoms with Gasteiger partial charge in [0, 0.05) is 0 Å². The lowest BCUT2D eigenvalue weighted by Gasteiger charge is -2.08. The molecule has 5 heteroatoms. The number of benzene rings is 1. The zero-order valence-corrected chi connectivity index (χ0v) is 8.82. The summed E-state index contributed by atoms with van der Waals surface area (Å²) in [6, 6.07) is 2.13. The van der Waals surface area contributed by atoms with Gasteiger partial charge in [-0.05, 0) is 12.1 Å². The van der Waals surface area contributed by atoms with E-state index in [4.69, 9.17) is 27.9 Å². The Morgan fingerprint density at radius 1 is 1.57 bits per heavy atom. The van der Waals surface area contributed by atoms with E-state index in [1.165, 1.54) is 7.11 Å². The van der Waals surface area contributed by atoms with Crippen LogP contribution in [-0.4, -0.2) is 18.8 Å². The maximum Gasteiger partial charge on any atom is 0.181 e. The summed E-state index contributed by atoms with van der Waals surface area (Å²) in [5.41, 5.74) is 0.0625. The molecular weight excluding hydrogens is 230 g/mol. The molecule has 0 aromatic heterocycles. The van der Waals surface area contributed by atoms with Crippen LogP contribution in [0.4, 0.5) is 4.39 Å². The highest BCUT2D eigenvalue weighted by Crippen LogP contribution is 2.30. The van der Waals surface area contributed by atoms with Crippen LogP contribution >= 0.6 is 23.2 Å². The van der Waals surface area contributed by atoms with E-state index in [9.17, 15) is 9.18 Å². The van der Waals surface area contributed by atoms with Gasteiger partial charge in [-0.1, -0.05) is 11.6 Å². The van der Waals surface area contributed by atoms with Crippen molar-refractivity contribution in [1.29, 1.82) is 0 Å². The predicted octanol–water partition coefficient (Wildman–Crippen LogP) is 2.91. The summed E-state index contributed by atoms with van der Waals surface area (Å²) >= 11 is 11.0. The van der Waals surface area contributed by atoms with Crippen molar-refractivity contribution in [2.24, 2.45) is 0 Å². The van der Waals surface area contributed by atoms with Gasteiger partial charge >= 0.3 is 0 Å². The molecule has 1 aromatic rings. The highest BCUT2D eigenvalue weighted by atomic mass is 35.5. The first-order chi connectivity index (χ1) is 6.60. The third kappa shape index (κ3) is 2.16. The van der Waals surface area contributed by atoms with Crippen molar-refractivity contribution in [2.45, 2.75) is 0 Å². The number of methoxy groups -OCH3 is 1. The van der Waals surface area contributed by atoms with Crippen LogP contribution in [0.2, 0.25) is 5.02 Å². The van der Waals surface area contributed by atoms with E-state index in [1.807, 2.05) is 0 Å². The van der Waals surface area contributed by atoms with E-state index in [-0.39, 0.29) is 22.2 Å². The van der Waals surface area contributed by atoms with Crippen LogP contribution in [0.25, 0.3) is 0 Å². The predicted molar refractivity (Wildman–Crippen MR) is 53.0 cm³/mol. The van der Waals surface area contributed by atoms with Gasteiger partial charge in [0.25, 0.3) is 0 Å². The maximum atomic E-state index is 12.9. The Morgan fingerprint density at radius 2 is 2.21 bits per heavy atom. The van der Waals surface area contributed by atoms with Gasteiger partial charge in [0.2, 0.25) is 0 Å². The lowest BCUT2D eigenvalue weighted by atomic mass is 10.1. The largest absolute Gasteiger partial charge is 0.494 e. The van der Waals surface area contributed by atoms with Gasteiger partial charge < -0.3 is 4.74 Å². The van der Waals surface area contributed by atoms with Crippen LogP contribution in [0.5, 0.6) is 5.75 Å². The van der Waals surface area contributed by atoms with E-state index in [0.717, 1.165) is 12.1 Å². The van der Waals surface area contributed by atoms with Crippen LogP contribution in [0.3, 0.4) is 0 Å². The molecule has 0 N–H and O–H groups in total. The summed E-state index contributed by atoms with van der Waals surface area (Å²) < 4.78 is 17.8. The second-order valence-corrected chi connectivity index (χ2v) is 3.20. The number of rotatable bonds is 3. The Balaban J connectivity index is 3.32. The minimum Gasteiger partial charge on any atom is -0.494 e. The number of hydrogen-bond acceptors (Lipinski definition) is 2. The Kier molecular flexibility index (Phi) is 3.72. The SMILES string of the molecule is COc1c(Cl)cc(F)cc1C(=O)CCl. The molecule has 0 bridgehead atoms. The van der Waals surface area contributed by atoms with Gasteiger partial charge in [-0.3, -0.25) is 4.79 Å². The number of hydrogen-bond donors (Lipinski definition) is 0. The fourth-order valence-corrected chi connectivity index (χ4v) is 1.47. The molecule has 0 radical (unpaired) electrons. The number of carbonyl (C=O) groups excluding carboxylic acids is 1. The molecule has 14 heavy (non-hydrogen) atoms. The second-order valence-electron chi connectivity index (χ2n) is 2.53. The first kappa shape index (κ1) is 11.3. The number of ether oxygens (including phenoxy) is 1. The van der Waals surface area contributed by atoms with Crippen molar-refractivity contribution in [1.82, 2.24) is 0 Å². The number of ketones is 1. The molecule has 1 rings (SSSR count). The number of carbonyl (C=O) groups is 1. The van der Waals surface area contributed by atoms with E-state index in [0.29, 0.717) is 0 Å². The van der Waals surface area contributed by atoms with Crippen LogP contribution < -0.4 is 4.74 Å². The summed E-state index contributed by atoms with van der Waals surface area (Å²) in [4.78, 5) is 11.3. The zero-order chi connectivity index (χ0) is 10.7. The third-order valence-corrected chi connectivity index (χ3v) is 2.16. The van der Waals surface area contributed by atoms with Crippen molar-refractivity contribution in [3.63, 3.8) is 0 Å². The summed E-state index contributed by atoms with van der Waals surface area (Å²) in [5, 5.41) is 0.0565. The summed E-state index contributed by atoms with van der Waals surface area (Å²) in [5.74, 6) is -1.11. The van der Waals surface area contributed by atoms with Crippen molar-refractivity contribution >= 4 is 29.0 Å². The molecule has 0 spiro atoms. The molecule has 0 heterocycles. The lowest BCUT2D eigenvalue weighted by Crippen LogP contribution is -2.04. The molecular formula is C9H7Cl2FO2. The Hall–Kier alpha value is -0.800. The fraction of sp³-hybridized carbons (Fsp3) is 0.222. The van der Waals surface area contributed by atoms with E-state index in [2.05, 4.69) is 0 Å². The second kappa shape index (κ2) is 4.62. The topological polar surface area (TPSA) is 26.3 Å². The lowest BCUT2D eigenvalue weighted by molar-refractivity contribution is 0.101. The smallest absolute Gasteiger partial charge is 0.181 e. The summed E-state index contributed by atoms with van der Waals surface area (Å²) in [6.45, 7) is 0. The standard InChI is InChI=1S/C9H7Cl2FO2/c1-14-9-6(8(13)4-10)2-5(12)3-7(9)11/h2-3H,4H2,1H3. The third-order valence-electron chi connectivity index (χ3n) is 1.63. The van der Waals surface area contributed by atoms with Crippen LogP contribution in [0, 0.1) is 5.82 Å². The summed E-state index contributed by atoms with van der Waals surface area (Å²) in [6.07, 6.45) is 0. The number of alkyl halides is 1. The minimum atomic E-state index is -0.593. The Labute approximate surface area is 90.6 Å². The average molecular weight is 237 g/mol. The monoisotopic (exact) mass is 236 g/mol. The molecule has 0 saturated carbocycles. The van der Waals surface area contributed by atoms with Crippen LogP contribution in [0.15, 0.2) is 12.1 Å². The van der Waals surface area contributed by atoms with Gasteiger partial charge in [0.15, 0.2) is 5.78 Å². The number of halogens is 3. The molecule has 76 valence electrons. The fourth-order valence-electron chi connectivity index (χ4n) is 1.05. The van der Waals surface area contributed by atoms with Crippen LogP contribution in [0.1, 0.15) is 10.4 Å². The first-order valence-corrected chi connectivity index (χ1v) is 4.63. The van der Waals surface area contributed by atoms with Crippen molar-refractivity contribution in [3.05, 3.63) is 28.5 Å². The van der Waals surface area contributed by atoms with E-state index >= 15 is 0 Å². The van der Waals surface area contributed by atoms with Gasteiger partial charge in [-0.25, -0.2) is 4.39 Å². The normalized spacial score (nSPS) is 10.0. The zero-order valence-electron chi connectivity index (χ0n) is 7.31.